The van der Waals surface area contributed by atoms with Gasteiger partial charge in [0.2, 0.25) is 0 Å². The van der Waals surface area contributed by atoms with Crippen LogP contribution in [-0.4, -0.2) is 26.5 Å². The first kappa shape index (κ1) is 18.0. The van der Waals surface area contributed by atoms with Gasteiger partial charge in [-0.1, -0.05) is 30.3 Å². The topological polar surface area (TPSA) is 83.9 Å². The Morgan fingerprint density at radius 1 is 1.08 bits per heavy atom. The van der Waals surface area contributed by atoms with Crippen LogP contribution in [0.4, 0.5) is 5.69 Å². The molecular formula is C18H15NO5S2. The molecule has 3 aromatic rings. The van der Waals surface area contributed by atoms with Crippen molar-refractivity contribution in [2.45, 2.75) is 4.21 Å². The summed E-state index contributed by atoms with van der Waals surface area (Å²) in [7, 11) is -2.51. The van der Waals surface area contributed by atoms with Crippen molar-refractivity contribution < 1.29 is 23.1 Å². The number of ether oxygens (including phenoxy) is 1. The van der Waals surface area contributed by atoms with E-state index in [-0.39, 0.29) is 9.77 Å². The summed E-state index contributed by atoms with van der Waals surface area (Å²) in [5.41, 5.74) is 0.289. The number of carboxylic acids is 1. The molecule has 0 spiro atoms. The number of hydrogen-bond donors (Lipinski definition) is 1. The highest BCUT2D eigenvalue weighted by Gasteiger charge is 2.26. The molecule has 0 atom stereocenters. The number of aromatic carboxylic acids is 1. The van der Waals surface area contributed by atoms with E-state index in [4.69, 9.17) is 9.84 Å². The van der Waals surface area contributed by atoms with Gasteiger partial charge in [-0.2, -0.15) is 0 Å². The minimum Gasteiger partial charge on any atom is -0.478 e. The van der Waals surface area contributed by atoms with E-state index >= 15 is 0 Å². The third-order valence-corrected chi connectivity index (χ3v) is 6.80. The van der Waals surface area contributed by atoms with E-state index in [0.29, 0.717) is 17.2 Å². The Kier molecular flexibility index (Phi) is 4.97. The van der Waals surface area contributed by atoms with Crippen molar-refractivity contribution in [3.63, 3.8) is 0 Å². The Hall–Kier alpha value is -2.84. The van der Waals surface area contributed by atoms with Crippen molar-refractivity contribution in [1.29, 1.82) is 0 Å². The van der Waals surface area contributed by atoms with Gasteiger partial charge in [0.15, 0.2) is 5.75 Å². The molecule has 134 valence electrons. The highest BCUT2D eigenvalue weighted by Crippen LogP contribution is 2.35. The second-order valence-electron chi connectivity index (χ2n) is 5.31. The molecule has 26 heavy (non-hydrogen) atoms. The Morgan fingerprint density at radius 3 is 2.38 bits per heavy atom. The molecule has 8 heteroatoms. The first-order valence-corrected chi connectivity index (χ1v) is 9.84. The molecular weight excluding hydrogens is 374 g/mol. The Balaban J connectivity index is 1.96. The summed E-state index contributed by atoms with van der Waals surface area (Å²) >= 11 is 0.866. The smallest absolute Gasteiger partial charge is 0.336 e. The molecule has 1 heterocycles. The fourth-order valence-corrected chi connectivity index (χ4v) is 4.78. The zero-order chi connectivity index (χ0) is 18.7. The molecule has 0 aliphatic rings. The molecule has 0 fully saturated rings. The maximum absolute atomic E-state index is 12.9. The molecule has 1 N–H and O–H groups in total. The van der Waals surface area contributed by atoms with Crippen LogP contribution in [0.15, 0.2) is 70.3 Å². The van der Waals surface area contributed by atoms with Crippen LogP contribution in [0, 0.1) is 0 Å². The van der Waals surface area contributed by atoms with Gasteiger partial charge in [0.25, 0.3) is 10.0 Å². The largest absolute Gasteiger partial charge is 0.478 e. The number of nitrogens with zero attached hydrogens (tertiary/aromatic N) is 1. The molecule has 0 amide bonds. The predicted octanol–water partition coefficient (Wildman–Crippen LogP) is 4.06. The summed E-state index contributed by atoms with van der Waals surface area (Å²) in [4.78, 5) is 11.0. The van der Waals surface area contributed by atoms with Crippen LogP contribution in [0.1, 0.15) is 10.4 Å². The first-order chi connectivity index (χ1) is 12.4. The van der Waals surface area contributed by atoms with Crippen LogP contribution in [0.3, 0.4) is 0 Å². The Bertz CT molecular complexity index is 1030. The van der Waals surface area contributed by atoms with E-state index < -0.39 is 16.0 Å². The van der Waals surface area contributed by atoms with Crippen LogP contribution in [0.2, 0.25) is 0 Å². The number of benzene rings is 2. The van der Waals surface area contributed by atoms with Crippen LogP contribution in [0.25, 0.3) is 0 Å². The SMILES string of the molecule is CN(c1ccccc1Oc1ccccc1)S(=O)(=O)c1cc(C(=O)O)cs1. The standard InChI is InChI=1S/C18H15NO5S2/c1-19(26(22,23)17-11-13(12-25-17)18(20)21)15-9-5-6-10-16(15)24-14-7-3-2-4-8-14/h2-12H,1H3,(H,20,21). The van der Waals surface area contributed by atoms with E-state index in [0.717, 1.165) is 21.7 Å². The van der Waals surface area contributed by atoms with Gasteiger partial charge in [0.1, 0.15) is 9.96 Å². The van der Waals surface area contributed by atoms with Crippen LogP contribution < -0.4 is 9.04 Å². The lowest BCUT2D eigenvalue weighted by Crippen LogP contribution is -2.26. The van der Waals surface area contributed by atoms with Gasteiger partial charge in [-0.25, -0.2) is 13.2 Å². The maximum Gasteiger partial charge on any atom is 0.336 e. The van der Waals surface area contributed by atoms with Crippen LogP contribution in [-0.2, 0) is 10.0 Å². The third-order valence-electron chi connectivity index (χ3n) is 3.61. The number of sulfonamides is 1. The van der Waals surface area contributed by atoms with Gasteiger partial charge >= 0.3 is 5.97 Å². The number of rotatable bonds is 6. The summed E-state index contributed by atoms with van der Waals surface area (Å²) in [6.45, 7) is 0. The van der Waals surface area contributed by atoms with Crippen LogP contribution in [0.5, 0.6) is 11.5 Å². The average molecular weight is 389 g/mol. The van der Waals surface area contributed by atoms with Crippen molar-refractivity contribution in [3.05, 3.63) is 71.6 Å². The van der Waals surface area contributed by atoms with E-state index in [1.807, 2.05) is 18.2 Å². The average Bonchev–Trinajstić information content (AvgIpc) is 3.14. The number of carboxylic acid groups (broad SMARTS) is 1. The van der Waals surface area contributed by atoms with E-state index in [9.17, 15) is 13.2 Å². The van der Waals surface area contributed by atoms with Gasteiger partial charge in [-0.3, -0.25) is 4.31 Å². The molecule has 1 aromatic heterocycles. The van der Waals surface area contributed by atoms with Gasteiger partial charge in [0, 0.05) is 12.4 Å². The van der Waals surface area contributed by atoms with Gasteiger partial charge in [-0.05, 0) is 30.3 Å². The summed E-state index contributed by atoms with van der Waals surface area (Å²) in [6, 6.07) is 16.9. The Labute approximate surface area is 155 Å². The van der Waals surface area contributed by atoms with Gasteiger partial charge < -0.3 is 9.84 Å². The van der Waals surface area contributed by atoms with E-state index in [1.165, 1.54) is 12.4 Å². The number of thiophene rings is 1. The van der Waals surface area contributed by atoms with Crippen LogP contribution >= 0.6 is 11.3 Å². The number of hydrogen-bond acceptors (Lipinski definition) is 5. The first-order valence-electron chi connectivity index (χ1n) is 7.52. The van der Waals surface area contributed by atoms with Crippen molar-refractivity contribution >= 4 is 33.0 Å². The molecule has 0 bridgehead atoms. The van der Waals surface area contributed by atoms with Gasteiger partial charge in [0.05, 0.1) is 11.3 Å². The molecule has 2 aromatic carbocycles. The number of para-hydroxylation sites is 3. The summed E-state index contributed by atoms with van der Waals surface area (Å²) in [6.07, 6.45) is 0. The van der Waals surface area contributed by atoms with E-state index in [1.54, 1.807) is 36.4 Å². The zero-order valence-corrected chi connectivity index (χ0v) is 15.3. The zero-order valence-electron chi connectivity index (χ0n) is 13.7. The lowest BCUT2D eigenvalue weighted by atomic mass is 10.3. The molecule has 0 saturated heterocycles. The monoisotopic (exact) mass is 389 g/mol. The minimum absolute atomic E-state index is 0.0492. The normalized spacial score (nSPS) is 11.1. The molecule has 0 unspecified atom stereocenters. The second-order valence-corrected chi connectivity index (χ2v) is 8.42. The molecule has 0 radical (unpaired) electrons. The summed E-state index contributed by atoms with van der Waals surface area (Å²) in [5, 5.41) is 10.3. The predicted molar refractivity (Wildman–Crippen MR) is 99.8 cm³/mol. The fourth-order valence-electron chi connectivity index (χ4n) is 2.25. The van der Waals surface area contributed by atoms with Gasteiger partial charge in [-0.15, -0.1) is 11.3 Å². The maximum atomic E-state index is 12.9. The summed E-state index contributed by atoms with van der Waals surface area (Å²) in [5.74, 6) is -0.215. The van der Waals surface area contributed by atoms with Crippen molar-refractivity contribution in [2.75, 3.05) is 11.4 Å². The number of anilines is 1. The van der Waals surface area contributed by atoms with Crippen molar-refractivity contribution in [2.24, 2.45) is 0 Å². The third kappa shape index (κ3) is 3.56. The van der Waals surface area contributed by atoms with Crippen molar-refractivity contribution in [1.82, 2.24) is 0 Å². The second kappa shape index (κ2) is 7.19. The van der Waals surface area contributed by atoms with E-state index in [2.05, 4.69) is 0 Å². The fraction of sp³-hybridized carbons (Fsp3) is 0.0556. The lowest BCUT2D eigenvalue weighted by Gasteiger charge is -2.21. The lowest BCUT2D eigenvalue weighted by molar-refractivity contribution is 0.0697. The summed E-state index contributed by atoms with van der Waals surface area (Å²) < 4.78 is 32.6. The molecule has 3 rings (SSSR count). The molecule has 0 saturated carbocycles. The quantitative estimate of drug-likeness (QED) is 0.687. The minimum atomic E-state index is -3.91. The Morgan fingerprint density at radius 2 is 1.73 bits per heavy atom. The number of carbonyl (C=O) groups is 1. The highest BCUT2D eigenvalue weighted by molar-refractivity contribution is 7.94. The molecule has 0 aliphatic heterocycles. The highest BCUT2D eigenvalue weighted by atomic mass is 32.2. The molecule has 6 nitrogen and oxygen atoms in total. The van der Waals surface area contributed by atoms with Crippen molar-refractivity contribution in [3.8, 4) is 11.5 Å². The molecule has 0 aliphatic carbocycles.